The quantitative estimate of drug-likeness (QED) is 0.646. The number of nitrogens with one attached hydrogen (secondary N) is 2. The summed E-state index contributed by atoms with van der Waals surface area (Å²) in [6.07, 6.45) is 0.647. The fourth-order valence-corrected chi connectivity index (χ4v) is 1.17. The van der Waals surface area contributed by atoms with E-state index in [2.05, 4.69) is 10.6 Å². The number of hydrogen-bond acceptors (Lipinski definition) is 3. The molecule has 1 fully saturated rings. The molecule has 1 amide bonds. The maximum absolute atomic E-state index is 11.5. The fourth-order valence-electron chi connectivity index (χ4n) is 1.17. The second-order valence-electron chi connectivity index (χ2n) is 3.38. The number of hydrogen-bond donors (Lipinski definition) is 2. The Balaban J connectivity index is 2.29. The summed E-state index contributed by atoms with van der Waals surface area (Å²) in [6, 6.07) is 0.234. The van der Waals surface area contributed by atoms with Gasteiger partial charge in [0.15, 0.2) is 0 Å². The smallest absolute Gasteiger partial charge is 0.250 e. The molecule has 1 aliphatic rings. The summed E-state index contributed by atoms with van der Waals surface area (Å²) in [4.78, 5) is 11.5. The number of carbonyl (C=O) groups is 1. The third-order valence-electron chi connectivity index (χ3n) is 2.22. The van der Waals surface area contributed by atoms with Gasteiger partial charge < -0.3 is 15.4 Å². The molecular formula is C9H18N2O2. The first-order chi connectivity index (χ1) is 6.24. The van der Waals surface area contributed by atoms with Crippen LogP contribution >= 0.6 is 0 Å². The topological polar surface area (TPSA) is 50.4 Å². The lowest BCUT2D eigenvalue weighted by molar-refractivity contribution is -0.134. The summed E-state index contributed by atoms with van der Waals surface area (Å²) in [5.74, 6) is 0.00144. The van der Waals surface area contributed by atoms with Crippen LogP contribution in [0.15, 0.2) is 0 Å². The zero-order chi connectivity index (χ0) is 9.68. The van der Waals surface area contributed by atoms with Crippen LogP contribution in [0, 0.1) is 0 Å². The molecule has 0 aromatic heterocycles. The Morgan fingerprint density at radius 2 is 2.54 bits per heavy atom. The molecule has 0 aliphatic carbocycles. The molecule has 4 nitrogen and oxygen atoms in total. The van der Waals surface area contributed by atoms with E-state index in [1.54, 1.807) is 0 Å². The summed E-state index contributed by atoms with van der Waals surface area (Å²) >= 11 is 0. The van der Waals surface area contributed by atoms with Crippen LogP contribution in [-0.2, 0) is 9.53 Å². The average molecular weight is 186 g/mol. The van der Waals surface area contributed by atoms with E-state index in [1.165, 1.54) is 0 Å². The van der Waals surface area contributed by atoms with Crippen molar-refractivity contribution in [3.63, 3.8) is 0 Å². The van der Waals surface area contributed by atoms with E-state index in [9.17, 15) is 4.79 Å². The lowest BCUT2D eigenvalue weighted by Gasteiger charge is -2.24. The van der Waals surface area contributed by atoms with Gasteiger partial charge in [-0.3, -0.25) is 4.79 Å². The highest BCUT2D eigenvalue weighted by Crippen LogP contribution is 1.97. The van der Waals surface area contributed by atoms with Crippen LogP contribution in [0.1, 0.15) is 20.3 Å². The van der Waals surface area contributed by atoms with Crippen LogP contribution in [0.5, 0.6) is 0 Å². The van der Waals surface area contributed by atoms with E-state index >= 15 is 0 Å². The van der Waals surface area contributed by atoms with Crippen molar-refractivity contribution >= 4 is 5.91 Å². The van der Waals surface area contributed by atoms with Crippen molar-refractivity contribution in [2.45, 2.75) is 32.4 Å². The van der Waals surface area contributed by atoms with E-state index < -0.39 is 0 Å². The molecule has 2 atom stereocenters. The molecule has 0 aromatic carbocycles. The Bertz CT molecular complexity index is 167. The van der Waals surface area contributed by atoms with E-state index in [-0.39, 0.29) is 18.1 Å². The largest absolute Gasteiger partial charge is 0.366 e. The molecule has 0 bridgehead atoms. The van der Waals surface area contributed by atoms with Gasteiger partial charge in [-0.2, -0.15) is 0 Å². The van der Waals surface area contributed by atoms with E-state index in [0.717, 1.165) is 13.0 Å². The molecule has 1 rings (SSSR count). The number of carbonyl (C=O) groups excluding carboxylic acids is 1. The van der Waals surface area contributed by atoms with E-state index in [0.29, 0.717) is 13.2 Å². The maximum Gasteiger partial charge on any atom is 0.250 e. The van der Waals surface area contributed by atoms with E-state index in [1.807, 2.05) is 13.8 Å². The van der Waals surface area contributed by atoms with Crippen molar-refractivity contribution in [3.05, 3.63) is 0 Å². The standard InChI is InChI=1S/C9H18N2O2/c1-3-7(2)11-9(12)8-6-10-4-5-13-8/h7-8,10H,3-6H2,1-2H3,(H,11,12). The molecule has 0 radical (unpaired) electrons. The molecule has 13 heavy (non-hydrogen) atoms. The Hall–Kier alpha value is -0.610. The van der Waals surface area contributed by atoms with Gasteiger partial charge in [-0.15, -0.1) is 0 Å². The van der Waals surface area contributed by atoms with Crippen LogP contribution in [0.2, 0.25) is 0 Å². The number of rotatable bonds is 3. The Morgan fingerprint density at radius 3 is 3.08 bits per heavy atom. The van der Waals surface area contributed by atoms with Gasteiger partial charge in [-0.05, 0) is 13.3 Å². The number of morpholine rings is 1. The molecule has 1 heterocycles. The van der Waals surface area contributed by atoms with Crippen molar-refractivity contribution in [2.24, 2.45) is 0 Å². The predicted molar refractivity (Wildman–Crippen MR) is 50.5 cm³/mol. The SMILES string of the molecule is CCC(C)NC(=O)C1CNCCO1. The van der Waals surface area contributed by atoms with Gasteiger partial charge in [0.1, 0.15) is 6.10 Å². The Kier molecular flexibility index (Phi) is 4.18. The minimum Gasteiger partial charge on any atom is -0.366 e. The van der Waals surface area contributed by atoms with Crippen LogP contribution in [-0.4, -0.2) is 37.7 Å². The van der Waals surface area contributed by atoms with Gasteiger partial charge in [-0.1, -0.05) is 6.92 Å². The van der Waals surface area contributed by atoms with Gasteiger partial charge in [0, 0.05) is 19.1 Å². The van der Waals surface area contributed by atoms with Crippen molar-refractivity contribution < 1.29 is 9.53 Å². The van der Waals surface area contributed by atoms with E-state index in [4.69, 9.17) is 4.74 Å². The first kappa shape index (κ1) is 10.5. The Labute approximate surface area is 79.0 Å². The second-order valence-corrected chi connectivity index (χ2v) is 3.38. The zero-order valence-corrected chi connectivity index (χ0v) is 8.30. The molecule has 0 aromatic rings. The van der Waals surface area contributed by atoms with Gasteiger partial charge >= 0.3 is 0 Å². The highest BCUT2D eigenvalue weighted by Gasteiger charge is 2.22. The summed E-state index contributed by atoms with van der Waals surface area (Å²) in [5.41, 5.74) is 0. The minimum atomic E-state index is -0.303. The van der Waals surface area contributed by atoms with Crippen molar-refractivity contribution in [1.82, 2.24) is 10.6 Å². The van der Waals surface area contributed by atoms with Crippen molar-refractivity contribution in [3.8, 4) is 0 Å². The molecule has 0 spiro atoms. The monoisotopic (exact) mass is 186 g/mol. The number of ether oxygens (including phenoxy) is 1. The molecule has 1 saturated heterocycles. The van der Waals surface area contributed by atoms with Gasteiger partial charge in [0.25, 0.3) is 5.91 Å². The lowest BCUT2D eigenvalue weighted by atomic mass is 10.2. The first-order valence-electron chi connectivity index (χ1n) is 4.86. The fraction of sp³-hybridized carbons (Fsp3) is 0.889. The first-order valence-corrected chi connectivity index (χ1v) is 4.86. The molecule has 76 valence electrons. The molecule has 2 unspecified atom stereocenters. The molecule has 2 N–H and O–H groups in total. The molecular weight excluding hydrogens is 168 g/mol. The second kappa shape index (κ2) is 5.19. The summed E-state index contributed by atoms with van der Waals surface area (Å²) < 4.78 is 5.31. The van der Waals surface area contributed by atoms with Gasteiger partial charge in [0.05, 0.1) is 6.61 Å². The Morgan fingerprint density at radius 1 is 1.77 bits per heavy atom. The molecule has 0 saturated carbocycles. The summed E-state index contributed by atoms with van der Waals surface area (Å²) in [5, 5.41) is 6.02. The maximum atomic E-state index is 11.5. The summed E-state index contributed by atoms with van der Waals surface area (Å²) in [6.45, 7) is 6.13. The van der Waals surface area contributed by atoms with Crippen molar-refractivity contribution in [1.29, 1.82) is 0 Å². The van der Waals surface area contributed by atoms with Gasteiger partial charge in [-0.25, -0.2) is 0 Å². The van der Waals surface area contributed by atoms with Crippen LogP contribution in [0.4, 0.5) is 0 Å². The van der Waals surface area contributed by atoms with Crippen molar-refractivity contribution in [2.75, 3.05) is 19.7 Å². The summed E-state index contributed by atoms with van der Waals surface area (Å²) in [7, 11) is 0. The predicted octanol–water partition coefficient (Wildman–Crippen LogP) is -0.111. The average Bonchev–Trinajstić information content (AvgIpc) is 2.19. The molecule has 1 aliphatic heterocycles. The van der Waals surface area contributed by atoms with Gasteiger partial charge in [0.2, 0.25) is 0 Å². The molecule has 4 heteroatoms. The van der Waals surface area contributed by atoms with Crippen LogP contribution < -0.4 is 10.6 Å². The third kappa shape index (κ3) is 3.32. The van der Waals surface area contributed by atoms with Crippen LogP contribution in [0.25, 0.3) is 0 Å². The van der Waals surface area contributed by atoms with Crippen LogP contribution in [0.3, 0.4) is 0 Å². The normalized spacial score (nSPS) is 25.2. The number of amides is 1. The zero-order valence-electron chi connectivity index (χ0n) is 8.30. The third-order valence-corrected chi connectivity index (χ3v) is 2.22. The highest BCUT2D eigenvalue weighted by molar-refractivity contribution is 5.81. The lowest BCUT2D eigenvalue weighted by Crippen LogP contribution is -2.49. The minimum absolute atomic E-state index is 0.00144. The highest BCUT2D eigenvalue weighted by atomic mass is 16.5.